The highest BCUT2D eigenvalue weighted by atomic mass is 32.2. The summed E-state index contributed by atoms with van der Waals surface area (Å²) < 4.78 is 1.43. The van der Waals surface area contributed by atoms with Crippen molar-refractivity contribution in [2.45, 2.75) is 24.3 Å². The molecule has 6 nitrogen and oxygen atoms in total. The Balaban J connectivity index is 1.66. The molecule has 138 valence electrons. The number of nitrogens with two attached hydrogens (primary N) is 1. The maximum Gasteiger partial charge on any atom is 0.237 e. The molecule has 3 N–H and O–H groups in total. The molecule has 1 amide bonds. The minimum absolute atomic E-state index is 0.0131. The first-order valence-corrected chi connectivity index (χ1v) is 9.30. The summed E-state index contributed by atoms with van der Waals surface area (Å²) in [6.45, 7) is 3.30. The summed E-state index contributed by atoms with van der Waals surface area (Å²) in [5, 5.41) is 3.00. The number of thioether (sulfide) groups is 1. The molecular weight excluding hydrogens is 360 g/mol. The van der Waals surface area contributed by atoms with E-state index in [0.29, 0.717) is 16.4 Å². The average molecular weight is 380 g/mol. The van der Waals surface area contributed by atoms with Gasteiger partial charge in [0.25, 0.3) is 0 Å². The molecule has 0 aliphatic rings. The Hall–Kier alpha value is -3.06. The van der Waals surface area contributed by atoms with Gasteiger partial charge in [0.2, 0.25) is 5.91 Å². The molecule has 0 saturated carbocycles. The second kappa shape index (κ2) is 8.09. The number of amides is 1. The topological polar surface area (TPSA) is 90.0 Å². The minimum atomic E-state index is -0.397. The first-order chi connectivity index (χ1) is 12.9. The highest BCUT2D eigenvalue weighted by molar-refractivity contribution is 8.00. The van der Waals surface area contributed by atoms with E-state index in [1.165, 1.54) is 23.4 Å². The number of Topliss-reactive ketones (excluding diaryl/α,β-unsaturated/α-hetero) is 1. The number of hydrogen-bond acceptors (Lipinski definition) is 5. The van der Waals surface area contributed by atoms with Gasteiger partial charge in [0.05, 0.1) is 17.1 Å². The number of ketones is 1. The van der Waals surface area contributed by atoms with Gasteiger partial charge in [0.1, 0.15) is 0 Å². The summed E-state index contributed by atoms with van der Waals surface area (Å²) in [7, 11) is 0. The zero-order chi connectivity index (χ0) is 19.4. The van der Waals surface area contributed by atoms with Crippen LogP contribution in [0.4, 0.5) is 5.69 Å². The lowest BCUT2D eigenvalue weighted by Crippen LogP contribution is -2.23. The Labute approximate surface area is 161 Å². The van der Waals surface area contributed by atoms with Crippen molar-refractivity contribution in [3.63, 3.8) is 0 Å². The van der Waals surface area contributed by atoms with Crippen LogP contribution in [0.3, 0.4) is 0 Å². The number of hydrogen-bond donors (Lipinski definition) is 2. The second-order valence-corrected chi connectivity index (χ2v) is 7.37. The molecule has 2 aromatic carbocycles. The Morgan fingerprint density at radius 2 is 1.78 bits per heavy atom. The maximum absolute atomic E-state index is 12.4. The molecule has 0 spiro atoms. The van der Waals surface area contributed by atoms with Gasteiger partial charge in [-0.1, -0.05) is 42.1 Å². The Morgan fingerprint density at radius 3 is 2.41 bits per heavy atom. The van der Waals surface area contributed by atoms with Gasteiger partial charge < -0.3 is 11.2 Å². The van der Waals surface area contributed by atoms with Crippen LogP contribution in [0.25, 0.3) is 11.3 Å². The van der Waals surface area contributed by atoms with E-state index in [1.54, 1.807) is 37.4 Å². The summed E-state index contributed by atoms with van der Waals surface area (Å²) >= 11 is 1.28. The van der Waals surface area contributed by atoms with Crippen molar-refractivity contribution in [2.24, 2.45) is 0 Å². The van der Waals surface area contributed by atoms with Crippen molar-refractivity contribution in [3.8, 4) is 11.3 Å². The molecular formula is C20H20N4O2S. The van der Waals surface area contributed by atoms with Gasteiger partial charge in [0, 0.05) is 16.8 Å². The van der Waals surface area contributed by atoms with E-state index in [4.69, 9.17) is 5.84 Å². The maximum atomic E-state index is 12.4. The van der Waals surface area contributed by atoms with Gasteiger partial charge in [-0.25, -0.2) is 9.66 Å². The average Bonchev–Trinajstić information content (AvgIpc) is 3.03. The number of aromatic nitrogens is 2. The second-order valence-electron chi connectivity index (χ2n) is 6.06. The predicted molar refractivity (Wildman–Crippen MR) is 108 cm³/mol. The number of nitrogens with one attached hydrogen (secondary N) is 1. The molecule has 3 aromatic rings. The number of imidazole rings is 1. The lowest BCUT2D eigenvalue weighted by atomic mass is 10.1. The van der Waals surface area contributed by atoms with Crippen molar-refractivity contribution in [2.75, 3.05) is 11.2 Å². The number of nitrogens with zero attached hydrogens (tertiary/aromatic N) is 2. The molecule has 0 aliphatic carbocycles. The van der Waals surface area contributed by atoms with Gasteiger partial charge in [-0.15, -0.1) is 0 Å². The third-order valence-corrected chi connectivity index (χ3v) is 5.06. The third-order valence-electron chi connectivity index (χ3n) is 3.98. The lowest BCUT2D eigenvalue weighted by molar-refractivity contribution is -0.115. The Kier molecular flexibility index (Phi) is 5.61. The Morgan fingerprint density at radius 1 is 1.11 bits per heavy atom. The van der Waals surface area contributed by atoms with E-state index >= 15 is 0 Å². The monoisotopic (exact) mass is 380 g/mol. The van der Waals surface area contributed by atoms with Crippen molar-refractivity contribution in [1.29, 1.82) is 0 Å². The highest BCUT2D eigenvalue weighted by Gasteiger charge is 2.18. The first-order valence-electron chi connectivity index (χ1n) is 8.42. The fraction of sp³-hybridized carbons (Fsp3) is 0.150. The smallest absolute Gasteiger partial charge is 0.237 e. The lowest BCUT2D eigenvalue weighted by Gasteiger charge is -2.11. The van der Waals surface area contributed by atoms with E-state index < -0.39 is 5.25 Å². The zero-order valence-corrected chi connectivity index (χ0v) is 15.9. The summed E-state index contributed by atoms with van der Waals surface area (Å²) in [5.41, 5.74) is 2.96. The minimum Gasteiger partial charge on any atom is -0.337 e. The van der Waals surface area contributed by atoms with Gasteiger partial charge in [0.15, 0.2) is 10.9 Å². The normalized spacial score (nSPS) is 11.8. The number of carbonyl (C=O) groups is 2. The summed E-state index contributed by atoms with van der Waals surface area (Å²) in [4.78, 5) is 28.3. The number of rotatable bonds is 6. The van der Waals surface area contributed by atoms with Crippen LogP contribution >= 0.6 is 11.8 Å². The van der Waals surface area contributed by atoms with Gasteiger partial charge in [-0.3, -0.25) is 9.59 Å². The quantitative estimate of drug-likeness (QED) is 0.387. The molecule has 0 radical (unpaired) electrons. The SMILES string of the molecule is CC(=O)c1ccc(NC(=O)[C@@H](C)Sc2nc(-c3ccccc3)cn2N)cc1. The van der Waals surface area contributed by atoms with Crippen molar-refractivity contribution in [1.82, 2.24) is 9.66 Å². The fourth-order valence-electron chi connectivity index (χ4n) is 2.46. The van der Waals surface area contributed by atoms with Crippen LogP contribution in [0, 0.1) is 0 Å². The van der Waals surface area contributed by atoms with E-state index in [2.05, 4.69) is 10.3 Å². The number of nitrogen functional groups attached to an aromatic ring is 1. The zero-order valence-electron chi connectivity index (χ0n) is 15.0. The Bertz CT molecular complexity index is 952. The number of carbonyl (C=O) groups excluding carboxylic acids is 2. The van der Waals surface area contributed by atoms with Gasteiger partial charge in [-0.05, 0) is 38.1 Å². The van der Waals surface area contributed by atoms with Gasteiger partial charge >= 0.3 is 0 Å². The molecule has 0 aliphatic heterocycles. The largest absolute Gasteiger partial charge is 0.337 e. The van der Waals surface area contributed by atoms with Gasteiger partial charge in [-0.2, -0.15) is 0 Å². The van der Waals surface area contributed by atoms with Crippen molar-refractivity contribution in [3.05, 3.63) is 66.4 Å². The highest BCUT2D eigenvalue weighted by Crippen LogP contribution is 2.26. The molecule has 0 fully saturated rings. The number of benzene rings is 2. The summed E-state index contributed by atoms with van der Waals surface area (Å²) in [5.74, 6) is 5.81. The standard InChI is InChI=1S/C20H20N4O2S/c1-13(25)15-8-10-17(11-9-15)22-19(26)14(2)27-20-23-18(12-24(20)21)16-6-4-3-5-7-16/h3-12,14H,21H2,1-2H3,(H,22,26)/t14-/m1/s1. The third kappa shape index (κ3) is 4.57. The van der Waals surface area contributed by atoms with Crippen LogP contribution in [0.2, 0.25) is 0 Å². The molecule has 3 rings (SSSR count). The summed E-state index contributed by atoms with van der Waals surface area (Å²) in [6.07, 6.45) is 1.74. The predicted octanol–water partition coefficient (Wildman–Crippen LogP) is 3.59. The molecule has 0 unspecified atom stereocenters. The molecule has 7 heteroatoms. The molecule has 1 atom stereocenters. The molecule has 1 aromatic heterocycles. The van der Waals surface area contributed by atoms with E-state index in [9.17, 15) is 9.59 Å². The van der Waals surface area contributed by atoms with Crippen molar-refractivity contribution >= 4 is 29.1 Å². The van der Waals surface area contributed by atoms with Crippen LogP contribution < -0.4 is 11.2 Å². The van der Waals surface area contributed by atoms with E-state index in [0.717, 1.165) is 11.3 Å². The molecule has 1 heterocycles. The van der Waals surface area contributed by atoms with Crippen molar-refractivity contribution < 1.29 is 9.59 Å². The summed E-state index contributed by atoms with van der Waals surface area (Å²) in [6, 6.07) is 16.5. The van der Waals surface area contributed by atoms with Crippen LogP contribution in [0.1, 0.15) is 24.2 Å². The fourth-order valence-corrected chi connectivity index (χ4v) is 3.26. The molecule has 0 bridgehead atoms. The van der Waals surface area contributed by atoms with Crippen LogP contribution in [0.15, 0.2) is 66.0 Å². The van der Waals surface area contributed by atoms with Crippen LogP contribution in [0.5, 0.6) is 0 Å². The van der Waals surface area contributed by atoms with E-state index in [-0.39, 0.29) is 11.7 Å². The molecule has 27 heavy (non-hydrogen) atoms. The number of anilines is 1. The van der Waals surface area contributed by atoms with Crippen LogP contribution in [-0.2, 0) is 4.79 Å². The first kappa shape index (κ1) is 18.7. The molecule has 0 saturated heterocycles. The van der Waals surface area contributed by atoms with Crippen LogP contribution in [-0.4, -0.2) is 26.6 Å². The van der Waals surface area contributed by atoms with E-state index in [1.807, 2.05) is 30.3 Å².